The molecule has 0 aromatic heterocycles. The molecule has 0 radical (unpaired) electrons. The van der Waals surface area contributed by atoms with Gasteiger partial charge in [-0.25, -0.2) is 4.39 Å². The van der Waals surface area contributed by atoms with Crippen molar-refractivity contribution in [3.05, 3.63) is 66.0 Å². The third-order valence-electron chi connectivity index (χ3n) is 2.43. The molecular formula is C14H11FO2S. The summed E-state index contributed by atoms with van der Waals surface area (Å²) < 4.78 is 24.6. The topological polar surface area (TPSA) is 34.1 Å². The lowest BCUT2D eigenvalue weighted by atomic mass is 10.2. The van der Waals surface area contributed by atoms with Gasteiger partial charge in [-0.2, -0.15) is 0 Å². The predicted molar refractivity (Wildman–Crippen MR) is 68.4 cm³/mol. The first-order valence-electron chi connectivity index (χ1n) is 5.39. The molecule has 0 aliphatic heterocycles. The monoisotopic (exact) mass is 262 g/mol. The Labute approximate surface area is 107 Å². The fourth-order valence-electron chi connectivity index (χ4n) is 1.50. The van der Waals surface area contributed by atoms with Gasteiger partial charge in [0.1, 0.15) is 5.82 Å². The summed E-state index contributed by atoms with van der Waals surface area (Å²) in [4.78, 5) is 12.3. The number of hydrogen-bond donors (Lipinski definition) is 0. The molecule has 0 aliphatic carbocycles. The highest BCUT2D eigenvalue weighted by molar-refractivity contribution is 7.85. The number of Topliss-reactive ketones (excluding diaryl/α,β-unsaturated/α-hetero) is 1. The van der Waals surface area contributed by atoms with Gasteiger partial charge in [0, 0.05) is 10.5 Å². The number of hydrogen-bond acceptors (Lipinski definition) is 2. The molecule has 0 N–H and O–H groups in total. The Hall–Kier alpha value is -1.81. The van der Waals surface area contributed by atoms with Crippen LogP contribution in [0.5, 0.6) is 0 Å². The van der Waals surface area contributed by atoms with Gasteiger partial charge in [-0.15, -0.1) is 0 Å². The lowest BCUT2D eigenvalue weighted by Gasteiger charge is -2.02. The Kier molecular flexibility index (Phi) is 3.99. The second-order valence-electron chi connectivity index (χ2n) is 3.73. The van der Waals surface area contributed by atoms with Gasteiger partial charge >= 0.3 is 0 Å². The van der Waals surface area contributed by atoms with E-state index in [2.05, 4.69) is 0 Å². The molecule has 4 heteroatoms. The van der Waals surface area contributed by atoms with E-state index in [9.17, 15) is 13.4 Å². The smallest absolute Gasteiger partial charge is 0.175 e. The Morgan fingerprint density at radius 2 is 1.61 bits per heavy atom. The van der Waals surface area contributed by atoms with Crippen LogP contribution in [-0.4, -0.2) is 15.7 Å². The van der Waals surface area contributed by atoms with E-state index in [0.717, 1.165) is 0 Å². The molecule has 0 saturated heterocycles. The van der Waals surface area contributed by atoms with Crippen LogP contribution in [0.15, 0.2) is 59.5 Å². The summed E-state index contributed by atoms with van der Waals surface area (Å²) in [6.07, 6.45) is 0. The van der Waals surface area contributed by atoms with Crippen molar-refractivity contribution in [2.45, 2.75) is 4.90 Å². The number of ketones is 1. The minimum atomic E-state index is -1.44. The lowest BCUT2D eigenvalue weighted by molar-refractivity contribution is 0.102. The van der Waals surface area contributed by atoms with Crippen LogP contribution in [0.1, 0.15) is 10.4 Å². The molecular weight excluding hydrogens is 251 g/mol. The number of carbonyl (C=O) groups excluding carboxylic acids is 1. The quantitative estimate of drug-likeness (QED) is 0.794. The first-order valence-corrected chi connectivity index (χ1v) is 6.71. The van der Waals surface area contributed by atoms with E-state index in [1.54, 1.807) is 24.3 Å². The molecule has 2 aromatic carbocycles. The van der Waals surface area contributed by atoms with E-state index in [1.807, 2.05) is 6.07 Å². The largest absolute Gasteiger partial charge is 0.293 e. The van der Waals surface area contributed by atoms with Gasteiger partial charge in [0.25, 0.3) is 0 Å². The fraction of sp³-hybridized carbons (Fsp3) is 0.0714. The molecule has 0 bridgehead atoms. The summed E-state index contributed by atoms with van der Waals surface area (Å²) in [7, 11) is -1.44. The summed E-state index contributed by atoms with van der Waals surface area (Å²) in [5.74, 6) is -0.654. The SMILES string of the molecule is O=C(CS(=O)c1ccc(F)cc1)c1ccccc1. The van der Waals surface area contributed by atoms with Crippen molar-refractivity contribution in [1.82, 2.24) is 0 Å². The van der Waals surface area contributed by atoms with Gasteiger partial charge in [-0.1, -0.05) is 30.3 Å². The highest BCUT2D eigenvalue weighted by Gasteiger charge is 2.11. The molecule has 92 valence electrons. The third kappa shape index (κ3) is 3.11. The molecule has 0 aliphatic rings. The van der Waals surface area contributed by atoms with Crippen LogP contribution < -0.4 is 0 Å². The van der Waals surface area contributed by atoms with Gasteiger partial charge in [0.05, 0.1) is 16.6 Å². The van der Waals surface area contributed by atoms with Crippen molar-refractivity contribution in [2.24, 2.45) is 0 Å². The van der Waals surface area contributed by atoms with Crippen molar-refractivity contribution in [1.29, 1.82) is 0 Å². The van der Waals surface area contributed by atoms with Crippen molar-refractivity contribution in [2.75, 3.05) is 5.75 Å². The Balaban J connectivity index is 2.08. The normalized spacial score (nSPS) is 12.1. The first kappa shape index (κ1) is 12.6. The molecule has 18 heavy (non-hydrogen) atoms. The second kappa shape index (κ2) is 5.69. The van der Waals surface area contributed by atoms with Crippen molar-refractivity contribution in [3.63, 3.8) is 0 Å². The minimum Gasteiger partial charge on any atom is -0.293 e. The zero-order chi connectivity index (χ0) is 13.0. The van der Waals surface area contributed by atoms with Gasteiger partial charge in [-0.05, 0) is 24.3 Å². The number of halogens is 1. The van der Waals surface area contributed by atoms with E-state index < -0.39 is 10.8 Å². The van der Waals surface area contributed by atoms with Crippen molar-refractivity contribution in [3.8, 4) is 0 Å². The Bertz CT molecular complexity index is 564. The van der Waals surface area contributed by atoms with Gasteiger partial charge in [0.15, 0.2) is 5.78 Å². The summed E-state index contributed by atoms with van der Waals surface area (Å²) >= 11 is 0. The predicted octanol–water partition coefficient (Wildman–Crippen LogP) is 2.82. The van der Waals surface area contributed by atoms with Crippen molar-refractivity contribution >= 4 is 16.6 Å². The minimum absolute atomic E-state index is 0.0877. The first-order chi connectivity index (χ1) is 8.66. The lowest BCUT2D eigenvalue weighted by Crippen LogP contribution is -2.10. The van der Waals surface area contributed by atoms with Crippen LogP contribution in [0.3, 0.4) is 0 Å². The fourth-order valence-corrected chi connectivity index (χ4v) is 2.51. The molecule has 2 rings (SSSR count). The molecule has 0 saturated carbocycles. The average Bonchev–Trinajstić information content (AvgIpc) is 2.40. The summed E-state index contributed by atoms with van der Waals surface area (Å²) in [5.41, 5.74) is 0.535. The zero-order valence-electron chi connectivity index (χ0n) is 9.51. The third-order valence-corrected chi connectivity index (χ3v) is 3.76. The maximum absolute atomic E-state index is 12.7. The molecule has 0 spiro atoms. The highest BCUT2D eigenvalue weighted by atomic mass is 32.2. The van der Waals surface area contributed by atoms with Crippen LogP contribution >= 0.6 is 0 Å². The van der Waals surface area contributed by atoms with Gasteiger partial charge in [0.2, 0.25) is 0 Å². The molecule has 2 nitrogen and oxygen atoms in total. The molecule has 1 unspecified atom stereocenters. The van der Waals surface area contributed by atoms with E-state index in [4.69, 9.17) is 0 Å². The summed E-state index contributed by atoms with van der Waals surface area (Å²) in [6, 6.07) is 14.0. The number of carbonyl (C=O) groups is 1. The maximum Gasteiger partial charge on any atom is 0.175 e. The number of rotatable bonds is 4. The molecule has 0 fully saturated rings. The molecule has 1 atom stereocenters. The molecule has 0 heterocycles. The number of benzene rings is 2. The zero-order valence-corrected chi connectivity index (χ0v) is 10.3. The molecule has 0 amide bonds. The average molecular weight is 262 g/mol. The highest BCUT2D eigenvalue weighted by Crippen LogP contribution is 2.10. The maximum atomic E-state index is 12.7. The van der Waals surface area contributed by atoms with Crippen LogP contribution in [0.4, 0.5) is 4.39 Å². The standard InChI is InChI=1S/C14H11FO2S/c15-12-6-8-13(9-7-12)18(17)10-14(16)11-4-2-1-3-5-11/h1-9H,10H2. The van der Waals surface area contributed by atoms with Crippen molar-refractivity contribution < 1.29 is 13.4 Å². The Morgan fingerprint density at radius 1 is 1.00 bits per heavy atom. The van der Waals surface area contributed by atoms with Crippen LogP contribution in [0.25, 0.3) is 0 Å². The van der Waals surface area contributed by atoms with E-state index in [-0.39, 0.29) is 17.4 Å². The van der Waals surface area contributed by atoms with E-state index in [1.165, 1.54) is 24.3 Å². The van der Waals surface area contributed by atoms with Gasteiger partial charge < -0.3 is 0 Å². The van der Waals surface area contributed by atoms with Gasteiger partial charge in [-0.3, -0.25) is 9.00 Å². The molecule has 2 aromatic rings. The van der Waals surface area contributed by atoms with E-state index in [0.29, 0.717) is 10.5 Å². The van der Waals surface area contributed by atoms with Crippen LogP contribution in [0.2, 0.25) is 0 Å². The summed E-state index contributed by atoms with van der Waals surface area (Å²) in [6.45, 7) is 0. The summed E-state index contributed by atoms with van der Waals surface area (Å²) in [5, 5.41) is 0. The van der Waals surface area contributed by atoms with Crippen LogP contribution in [0, 0.1) is 5.82 Å². The van der Waals surface area contributed by atoms with E-state index >= 15 is 0 Å². The second-order valence-corrected chi connectivity index (χ2v) is 5.18. The Morgan fingerprint density at radius 3 is 2.22 bits per heavy atom. The van der Waals surface area contributed by atoms with Crippen LogP contribution in [-0.2, 0) is 10.8 Å².